The average Bonchev–Trinajstić information content (AvgIpc) is 2.38. The zero-order valence-corrected chi connectivity index (χ0v) is 11.6. The summed E-state index contributed by atoms with van der Waals surface area (Å²) in [6, 6.07) is 6.67. The molecule has 0 amide bonds. The molecule has 0 aromatic heterocycles. The minimum atomic E-state index is -3.47. The molecule has 0 saturated heterocycles. The Kier molecular flexibility index (Phi) is 5.36. The van der Waals surface area contributed by atoms with E-state index in [1.54, 1.807) is 26.0 Å². The maximum absolute atomic E-state index is 12.6. The van der Waals surface area contributed by atoms with Crippen LogP contribution in [0.15, 0.2) is 18.2 Å². The van der Waals surface area contributed by atoms with Crippen LogP contribution in [0.2, 0.25) is 0 Å². The van der Waals surface area contributed by atoms with Crippen molar-refractivity contribution in [3.63, 3.8) is 0 Å². The van der Waals surface area contributed by atoms with Crippen molar-refractivity contribution in [2.75, 3.05) is 20.3 Å². The third-order valence-electron chi connectivity index (χ3n) is 2.22. The van der Waals surface area contributed by atoms with Crippen LogP contribution in [0.3, 0.4) is 0 Å². The summed E-state index contributed by atoms with van der Waals surface area (Å²) in [5.41, 5.74) is 0.265. The number of benzene rings is 1. The molecule has 0 aliphatic heterocycles. The second-order valence-corrected chi connectivity index (χ2v) is 5.32. The van der Waals surface area contributed by atoms with Crippen molar-refractivity contribution in [2.45, 2.75) is 13.8 Å². The molecular formula is C12H16NO4P. The van der Waals surface area contributed by atoms with Gasteiger partial charge in [-0.3, -0.25) is 4.57 Å². The number of ether oxygens (including phenoxy) is 1. The lowest BCUT2D eigenvalue weighted by Crippen LogP contribution is -2.14. The van der Waals surface area contributed by atoms with E-state index in [1.807, 2.05) is 6.07 Å². The molecule has 98 valence electrons. The van der Waals surface area contributed by atoms with E-state index in [9.17, 15) is 4.57 Å². The van der Waals surface area contributed by atoms with E-state index in [0.29, 0.717) is 5.75 Å². The summed E-state index contributed by atoms with van der Waals surface area (Å²) in [4.78, 5) is 0. The highest BCUT2D eigenvalue weighted by molar-refractivity contribution is 7.62. The first-order valence-electron chi connectivity index (χ1n) is 5.59. The van der Waals surface area contributed by atoms with Crippen molar-refractivity contribution in [1.82, 2.24) is 0 Å². The number of nitrogens with zero attached hydrogens (tertiary/aromatic N) is 1. The van der Waals surface area contributed by atoms with Crippen molar-refractivity contribution in [3.05, 3.63) is 23.8 Å². The molecule has 0 saturated carbocycles. The van der Waals surface area contributed by atoms with Crippen LogP contribution in [0.5, 0.6) is 5.75 Å². The van der Waals surface area contributed by atoms with Gasteiger partial charge in [-0.05, 0) is 32.0 Å². The average molecular weight is 269 g/mol. The lowest BCUT2D eigenvalue weighted by atomic mass is 10.2. The Balaban J connectivity index is 3.34. The van der Waals surface area contributed by atoms with Crippen molar-refractivity contribution in [3.8, 4) is 11.8 Å². The predicted molar refractivity (Wildman–Crippen MR) is 68.2 cm³/mol. The quantitative estimate of drug-likeness (QED) is 0.742. The van der Waals surface area contributed by atoms with Gasteiger partial charge in [-0.25, -0.2) is 0 Å². The van der Waals surface area contributed by atoms with Crippen LogP contribution in [-0.2, 0) is 13.6 Å². The number of methoxy groups -OCH3 is 1. The second-order valence-electron chi connectivity index (χ2n) is 3.33. The Hall–Kier alpha value is -1.34. The van der Waals surface area contributed by atoms with Crippen LogP contribution < -0.4 is 10.0 Å². The van der Waals surface area contributed by atoms with Gasteiger partial charge in [-0.1, -0.05) is 0 Å². The van der Waals surface area contributed by atoms with Gasteiger partial charge in [-0.2, -0.15) is 5.26 Å². The molecule has 6 heteroatoms. The zero-order valence-electron chi connectivity index (χ0n) is 10.7. The molecule has 0 bridgehead atoms. The molecule has 0 N–H and O–H groups in total. The van der Waals surface area contributed by atoms with Crippen LogP contribution >= 0.6 is 7.60 Å². The van der Waals surface area contributed by atoms with Gasteiger partial charge in [0, 0.05) is 0 Å². The molecule has 0 aliphatic rings. The van der Waals surface area contributed by atoms with Gasteiger partial charge in [0.25, 0.3) is 0 Å². The number of hydrogen-bond donors (Lipinski definition) is 0. The van der Waals surface area contributed by atoms with Crippen LogP contribution in [0.25, 0.3) is 0 Å². The van der Waals surface area contributed by atoms with Gasteiger partial charge in [0.2, 0.25) is 0 Å². The lowest BCUT2D eigenvalue weighted by Gasteiger charge is -2.18. The van der Waals surface area contributed by atoms with E-state index in [-0.39, 0.29) is 24.1 Å². The first-order valence-corrected chi connectivity index (χ1v) is 7.13. The van der Waals surface area contributed by atoms with Gasteiger partial charge in [0.1, 0.15) is 11.8 Å². The fourth-order valence-corrected chi connectivity index (χ4v) is 3.21. The van der Waals surface area contributed by atoms with Gasteiger partial charge in [0.05, 0.1) is 31.2 Å². The fourth-order valence-electron chi connectivity index (χ4n) is 1.48. The highest BCUT2D eigenvalue weighted by Crippen LogP contribution is 2.48. The summed E-state index contributed by atoms with van der Waals surface area (Å²) in [7, 11) is -1.97. The lowest BCUT2D eigenvalue weighted by molar-refractivity contribution is 0.229. The van der Waals surface area contributed by atoms with Gasteiger partial charge in [0.15, 0.2) is 0 Å². The Morgan fingerprint density at radius 2 is 1.89 bits per heavy atom. The summed E-state index contributed by atoms with van der Waals surface area (Å²) < 4.78 is 28.1. The van der Waals surface area contributed by atoms with E-state index in [4.69, 9.17) is 19.0 Å². The summed E-state index contributed by atoms with van der Waals surface area (Å²) in [6.07, 6.45) is 0. The number of rotatable bonds is 6. The molecule has 1 aromatic carbocycles. The summed E-state index contributed by atoms with van der Waals surface area (Å²) in [5, 5.41) is 9.30. The Morgan fingerprint density at radius 3 is 2.33 bits per heavy atom. The largest absolute Gasteiger partial charge is 0.497 e. The van der Waals surface area contributed by atoms with E-state index in [2.05, 4.69) is 0 Å². The highest BCUT2D eigenvalue weighted by Gasteiger charge is 2.30. The molecule has 0 unspecified atom stereocenters. The van der Waals surface area contributed by atoms with Crippen molar-refractivity contribution in [1.29, 1.82) is 5.26 Å². The highest BCUT2D eigenvalue weighted by atomic mass is 31.2. The molecule has 0 atom stereocenters. The zero-order chi connectivity index (χ0) is 13.6. The number of hydrogen-bond acceptors (Lipinski definition) is 5. The molecule has 0 fully saturated rings. The molecule has 0 spiro atoms. The molecule has 0 heterocycles. The minimum Gasteiger partial charge on any atom is -0.497 e. The van der Waals surface area contributed by atoms with Gasteiger partial charge >= 0.3 is 7.60 Å². The van der Waals surface area contributed by atoms with Crippen molar-refractivity contribution in [2.24, 2.45) is 0 Å². The molecule has 1 rings (SSSR count). The molecule has 18 heavy (non-hydrogen) atoms. The van der Waals surface area contributed by atoms with Crippen molar-refractivity contribution >= 4 is 12.9 Å². The first-order chi connectivity index (χ1) is 8.61. The van der Waals surface area contributed by atoms with Crippen LogP contribution in [0, 0.1) is 11.3 Å². The smallest absolute Gasteiger partial charge is 0.362 e. The second kappa shape index (κ2) is 6.55. The van der Waals surface area contributed by atoms with Crippen molar-refractivity contribution < 1.29 is 18.3 Å². The first kappa shape index (κ1) is 14.7. The third-order valence-corrected chi connectivity index (χ3v) is 4.37. The molecule has 0 aliphatic carbocycles. The molecule has 0 radical (unpaired) electrons. The van der Waals surface area contributed by atoms with E-state index < -0.39 is 7.60 Å². The maximum Gasteiger partial charge on any atom is 0.362 e. The molecule has 5 nitrogen and oxygen atoms in total. The van der Waals surface area contributed by atoms with Crippen LogP contribution in [0.1, 0.15) is 19.4 Å². The minimum absolute atomic E-state index is 0.235. The van der Waals surface area contributed by atoms with E-state index >= 15 is 0 Å². The van der Waals surface area contributed by atoms with Gasteiger partial charge < -0.3 is 13.8 Å². The third kappa shape index (κ3) is 3.11. The van der Waals surface area contributed by atoms with Crippen LogP contribution in [-0.4, -0.2) is 20.3 Å². The fraction of sp³-hybridized carbons (Fsp3) is 0.417. The standard InChI is InChI=1S/C12H16NO4P/c1-4-16-18(14,17-5-2)12-8-11(15-3)7-6-10(12)9-13/h6-8H,4-5H2,1-3H3. The summed E-state index contributed by atoms with van der Waals surface area (Å²) in [6.45, 7) is 3.91. The normalized spacial score (nSPS) is 11.0. The Labute approximate surface area is 107 Å². The predicted octanol–water partition coefficient (Wildman–Crippen LogP) is 2.46. The SMILES string of the molecule is CCOP(=O)(OCC)c1cc(OC)ccc1C#N. The molecule has 1 aromatic rings. The van der Waals surface area contributed by atoms with Crippen LogP contribution in [0.4, 0.5) is 0 Å². The topological polar surface area (TPSA) is 68.6 Å². The Morgan fingerprint density at radius 1 is 1.28 bits per heavy atom. The number of nitriles is 1. The monoisotopic (exact) mass is 269 g/mol. The van der Waals surface area contributed by atoms with Gasteiger partial charge in [-0.15, -0.1) is 0 Å². The molecular weight excluding hydrogens is 253 g/mol. The summed E-state index contributed by atoms with van der Waals surface area (Å²) >= 11 is 0. The van der Waals surface area contributed by atoms with E-state index in [0.717, 1.165) is 0 Å². The summed E-state index contributed by atoms with van der Waals surface area (Å²) in [5.74, 6) is 0.503. The maximum atomic E-state index is 12.6. The van der Waals surface area contributed by atoms with E-state index in [1.165, 1.54) is 13.2 Å². The Bertz CT molecular complexity index is 485.